The summed E-state index contributed by atoms with van der Waals surface area (Å²) in [5.41, 5.74) is 0. The van der Waals surface area contributed by atoms with E-state index < -0.39 is 0 Å². The predicted octanol–water partition coefficient (Wildman–Crippen LogP) is 3.26. The van der Waals surface area contributed by atoms with E-state index in [1.54, 1.807) is 23.1 Å². The van der Waals surface area contributed by atoms with Crippen LogP contribution >= 0.6 is 23.1 Å². The van der Waals surface area contributed by atoms with Crippen molar-refractivity contribution in [2.75, 3.05) is 12.3 Å². The number of aryl methyl sites for hydroxylation is 1. The molecule has 2 aromatic rings. The van der Waals surface area contributed by atoms with Gasteiger partial charge in [0.2, 0.25) is 0 Å². The zero-order valence-corrected chi connectivity index (χ0v) is 13.8. The van der Waals surface area contributed by atoms with Crippen molar-refractivity contribution in [1.29, 1.82) is 0 Å². The lowest BCUT2D eigenvalue weighted by atomic mass is 10.2. The fourth-order valence-corrected chi connectivity index (χ4v) is 4.58. The largest absolute Gasteiger partial charge is 0.328 e. The molecule has 5 nitrogen and oxygen atoms in total. The summed E-state index contributed by atoms with van der Waals surface area (Å²) in [5, 5.41) is 7.09. The van der Waals surface area contributed by atoms with Crippen molar-refractivity contribution >= 4 is 29.0 Å². The molecule has 7 heteroatoms. The van der Waals surface area contributed by atoms with Crippen LogP contribution in [-0.2, 0) is 0 Å². The van der Waals surface area contributed by atoms with E-state index in [9.17, 15) is 4.79 Å². The molecule has 0 bridgehead atoms. The predicted molar refractivity (Wildman–Crippen MR) is 84.8 cm³/mol. The molecule has 0 saturated carbocycles. The average Bonchev–Trinajstić information content (AvgIpc) is 3.17. The van der Waals surface area contributed by atoms with Crippen molar-refractivity contribution in [3.05, 3.63) is 28.7 Å². The van der Waals surface area contributed by atoms with E-state index in [0.29, 0.717) is 0 Å². The molecule has 3 rings (SSSR count). The van der Waals surface area contributed by atoms with Gasteiger partial charge in [0.15, 0.2) is 5.82 Å². The first-order valence-electron chi connectivity index (χ1n) is 7.11. The molecule has 1 N–H and O–H groups in total. The van der Waals surface area contributed by atoms with Gasteiger partial charge in [-0.05, 0) is 37.7 Å². The summed E-state index contributed by atoms with van der Waals surface area (Å²) < 4.78 is 1.20. The third-order valence-electron chi connectivity index (χ3n) is 3.50. The van der Waals surface area contributed by atoms with Gasteiger partial charge in [0.25, 0.3) is 5.91 Å². The Bertz CT molecular complexity index is 636. The summed E-state index contributed by atoms with van der Waals surface area (Å²) in [4.78, 5) is 19.8. The molecule has 2 aromatic heterocycles. The second-order valence-corrected chi connectivity index (χ2v) is 7.64. The van der Waals surface area contributed by atoms with Crippen molar-refractivity contribution in [2.45, 2.75) is 36.9 Å². The zero-order valence-electron chi connectivity index (χ0n) is 12.1. The molecule has 0 unspecified atom stereocenters. The molecule has 21 heavy (non-hydrogen) atoms. The molecular weight excluding hydrogens is 304 g/mol. The molecule has 0 radical (unpaired) electrons. The van der Waals surface area contributed by atoms with Crippen molar-refractivity contribution in [2.24, 2.45) is 0 Å². The highest BCUT2D eigenvalue weighted by atomic mass is 32.2. The molecule has 3 heterocycles. The maximum atomic E-state index is 12.7. The van der Waals surface area contributed by atoms with E-state index in [-0.39, 0.29) is 11.9 Å². The quantitative estimate of drug-likeness (QED) is 0.878. The summed E-state index contributed by atoms with van der Waals surface area (Å²) in [6, 6.07) is 3.98. The van der Waals surface area contributed by atoms with Gasteiger partial charge < -0.3 is 4.90 Å². The Morgan fingerprint density at radius 3 is 3.14 bits per heavy atom. The minimum absolute atomic E-state index is 0.00632. The van der Waals surface area contributed by atoms with Gasteiger partial charge in [0.1, 0.15) is 5.82 Å². The molecule has 112 valence electrons. The van der Waals surface area contributed by atoms with E-state index >= 15 is 0 Å². The number of aromatic amines is 1. The Balaban J connectivity index is 1.79. The number of carbonyl (C=O) groups excluding carboxylic acids is 1. The average molecular weight is 322 g/mol. The van der Waals surface area contributed by atoms with E-state index in [2.05, 4.69) is 22.1 Å². The summed E-state index contributed by atoms with van der Waals surface area (Å²) in [6.07, 6.45) is 1.94. The van der Waals surface area contributed by atoms with Gasteiger partial charge in [-0.25, -0.2) is 4.98 Å². The van der Waals surface area contributed by atoms with E-state index in [1.807, 2.05) is 24.0 Å². The highest BCUT2D eigenvalue weighted by Crippen LogP contribution is 2.34. The number of H-pyrrole nitrogens is 1. The standard InChI is InChI=1S/C14H18N4OS2/c1-3-20-12-7-6-11(21-12)14(19)18-8-4-5-10(18)13-15-9(2)16-17-13/h6-7,10H,3-5,8H2,1-2H3,(H,15,16,17)/t10-/m1/s1. The lowest BCUT2D eigenvalue weighted by Crippen LogP contribution is -2.30. The molecule has 0 aromatic carbocycles. The van der Waals surface area contributed by atoms with Crippen molar-refractivity contribution in [1.82, 2.24) is 20.1 Å². The number of thioether (sulfide) groups is 1. The molecular formula is C14H18N4OS2. The Kier molecular flexibility index (Phi) is 4.30. The highest BCUT2D eigenvalue weighted by molar-refractivity contribution is 8.01. The van der Waals surface area contributed by atoms with Gasteiger partial charge in [-0.3, -0.25) is 9.89 Å². The first kappa shape index (κ1) is 14.6. The van der Waals surface area contributed by atoms with Crippen molar-refractivity contribution < 1.29 is 4.79 Å². The van der Waals surface area contributed by atoms with Gasteiger partial charge in [-0.2, -0.15) is 5.10 Å². The number of thiophene rings is 1. The third-order valence-corrected chi connectivity index (χ3v) is 5.69. The molecule has 0 aliphatic carbocycles. The summed E-state index contributed by atoms with van der Waals surface area (Å²) in [7, 11) is 0. The van der Waals surface area contributed by atoms with E-state index in [1.165, 1.54) is 4.21 Å². The monoisotopic (exact) mass is 322 g/mol. The number of hydrogen-bond acceptors (Lipinski definition) is 5. The maximum Gasteiger partial charge on any atom is 0.264 e. The van der Waals surface area contributed by atoms with Crippen LogP contribution in [0.1, 0.15) is 47.1 Å². The van der Waals surface area contributed by atoms with Gasteiger partial charge in [0, 0.05) is 6.54 Å². The van der Waals surface area contributed by atoms with Gasteiger partial charge in [-0.1, -0.05) is 6.92 Å². The fourth-order valence-electron chi connectivity index (χ4n) is 2.58. The molecule has 1 aliphatic rings. The van der Waals surface area contributed by atoms with Crippen LogP contribution in [0.25, 0.3) is 0 Å². The number of nitrogens with zero attached hydrogens (tertiary/aromatic N) is 3. The lowest BCUT2D eigenvalue weighted by molar-refractivity contribution is 0.0735. The van der Waals surface area contributed by atoms with Gasteiger partial charge >= 0.3 is 0 Å². The second kappa shape index (κ2) is 6.19. The van der Waals surface area contributed by atoms with Crippen LogP contribution < -0.4 is 0 Å². The molecule has 1 atom stereocenters. The second-order valence-electron chi connectivity index (χ2n) is 4.99. The van der Waals surface area contributed by atoms with E-state index in [4.69, 9.17) is 0 Å². The van der Waals surface area contributed by atoms with Crippen molar-refractivity contribution in [3.63, 3.8) is 0 Å². The molecule has 1 amide bonds. The van der Waals surface area contributed by atoms with Crippen LogP contribution in [0.3, 0.4) is 0 Å². The van der Waals surface area contributed by atoms with Crippen molar-refractivity contribution in [3.8, 4) is 0 Å². The topological polar surface area (TPSA) is 61.9 Å². The first-order valence-corrected chi connectivity index (χ1v) is 8.91. The zero-order chi connectivity index (χ0) is 14.8. The normalized spacial score (nSPS) is 18.4. The summed E-state index contributed by atoms with van der Waals surface area (Å²) in [5.74, 6) is 2.66. The molecule has 1 fully saturated rings. The van der Waals surface area contributed by atoms with Crippen LogP contribution in [0.5, 0.6) is 0 Å². The fraction of sp³-hybridized carbons (Fsp3) is 0.500. The Morgan fingerprint density at radius 1 is 1.57 bits per heavy atom. The van der Waals surface area contributed by atoms with Gasteiger partial charge in [-0.15, -0.1) is 23.1 Å². The third kappa shape index (κ3) is 2.98. The lowest BCUT2D eigenvalue weighted by Gasteiger charge is -2.21. The number of aromatic nitrogens is 3. The number of nitrogens with one attached hydrogen (secondary N) is 1. The SMILES string of the molecule is CCSc1ccc(C(=O)N2CCC[C@@H]2c2n[nH]c(C)n2)s1. The minimum atomic E-state index is 0.00632. The number of hydrogen-bond donors (Lipinski definition) is 1. The Labute approximate surface area is 132 Å². The number of carbonyl (C=O) groups is 1. The van der Waals surface area contributed by atoms with E-state index in [0.717, 1.165) is 41.7 Å². The van der Waals surface area contributed by atoms with Crippen LogP contribution in [0.15, 0.2) is 16.3 Å². The maximum absolute atomic E-state index is 12.7. The number of amides is 1. The van der Waals surface area contributed by atoms with Crippen LogP contribution in [0, 0.1) is 6.92 Å². The number of likely N-dealkylation sites (tertiary alicyclic amines) is 1. The molecule has 1 saturated heterocycles. The molecule has 0 spiro atoms. The smallest absolute Gasteiger partial charge is 0.264 e. The minimum Gasteiger partial charge on any atom is -0.328 e. The highest BCUT2D eigenvalue weighted by Gasteiger charge is 2.33. The first-order chi connectivity index (χ1) is 10.2. The van der Waals surface area contributed by atoms with Gasteiger partial charge in [0.05, 0.1) is 15.1 Å². The van der Waals surface area contributed by atoms with Crippen LogP contribution in [-0.4, -0.2) is 38.3 Å². The molecule has 1 aliphatic heterocycles. The number of rotatable bonds is 4. The van der Waals surface area contributed by atoms with Crippen LogP contribution in [0.4, 0.5) is 0 Å². The Morgan fingerprint density at radius 2 is 2.43 bits per heavy atom. The summed E-state index contributed by atoms with van der Waals surface area (Å²) >= 11 is 3.35. The van der Waals surface area contributed by atoms with Crippen LogP contribution in [0.2, 0.25) is 0 Å². The Hall–Kier alpha value is -1.34. The summed E-state index contributed by atoms with van der Waals surface area (Å²) in [6.45, 7) is 4.78.